The van der Waals surface area contributed by atoms with E-state index >= 15 is 0 Å². The van der Waals surface area contributed by atoms with Gasteiger partial charge < -0.3 is 9.64 Å². The Kier molecular flexibility index (Phi) is 6.06. The summed E-state index contributed by atoms with van der Waals surface area (Å²) >= 11 is 0. The van der Waals surface area contributed by atoms with Crippen molar-refractivity contribution in [1.29, 1.82) is 0 Å². The fourth-order valence-corrected chi connectivity index (χ4v) is 1.86. The monoisotopic (exact) mass is 309 g/mol. The van der Waals surface area contributed by atoms with Crippen LogP contribution in [0.25, 0.3) is 0 Å². The molecule has 2 rings (SSSR count). The quantitative estimate of drug-likeness (QED) is 0.436. The average Bonchev–Trinajstić information content (AvgIpc) is 2.61. The molecule has 23 heavy (non-hydrogen) atoms. The number of esters is 1. The van der Waals surface area contributed by atoms with E-state index < -0.39 is 5.97 Å². The Balaban J connectivity index is 1.90. The summed E-state index contributed by atoms with van der Waals surface area (Å²) < 4.78 is 4.96. The number of azo groups is 1. The first kappa shape index (κ1) is 16.4. The molecule has 0 N–H and O–H groups in total. The largest absolute Gasteiger partial charge is 0.461 e. The third-order valence-corrected chi connectivity index (χ3v) is 3.17. The predicted octanol–water partition coefficient (Wildman–Crippen LogP) is 4.27. The zero-order valence-corrected chi connectivity index (χ0v) is 13.1. The number of carbonyl (C=O) groups excluding carboxylic acids is 1. The molecule has 0 atom stereocenters. The normalized spacial score (nSPS) is 10.5. The molecule has 0 bridgehead atoms. The molecule has 0 heterocycles. The van der Waals surface area contributed by atoms with Crippen molar-refractivity contribution in [3.8, 4) is 0 Å². The Labute approximate surface area is 135 Å². The van der Waals surface area contributed by atoms with Crippen molar-refractivity contribution in [2.75, 3.05) is 25.1 Å². The second-order valence-corrected chi connectivity index (χ2v) is 4.85. The van der Waals surface area contributed by atoms with E-state index in [0.717, 1.165) is 23.1 Å². The molecule has 5 heteroatoms. The molecule has 5 nitrogen and oxygen atoms in total. The molecule has 0 aromatic heterocycles. The minimum Gasteiger partial charge on any atom is -0.461 e. The summed E-state index contributed by atoms with van der Waals surface area (Å²) in [7, 11) is 1.93. The van der Waals surface area contributed by atoms with Crippen molar-refractivity contribution >= 4 is 23.0 Å². The van der Waals surface area contributed by atoms with Crippen LogP contribution < -0.4 is 4.90 Å². The van der Waals surface area contributed by atoms with Gasteiger partial charge in [0.05, 0.1) is 17.9 Å². The molecular weight excluding hydrogens is 290 g/mol. The Morgan fingerprint density at radius 1 is 1.09 bits per heavy atom. The second kappa shape index (κ2) is 8.48. The Hall–Kier alpha value is -2.95. The standard InChI is InChI=1S/C18H19N3O2/c1-3-18(22)23-14-13-21(2)17-11-9-16(10-12-17)20-19-15-7-5-4-6-8-15/h3-12H,1,13-14H2,2H3. The lowest BCUT2D eigenvalue weighted by molar-refractivity contribution is -0.137. The molecular formula is C18H19N3O2. The average molecular weight is 309 g/mol. The van der Waals surface area contributed by atoms with Gasteiger partial charge in [-0.3, -0.25) is 0 Å². The first-order valence-corrected chi connectivity index (χ1v) is 7.26. The van der Waals surface area contributed by atoms with Crippen LogP contribution in [0.4, 0.5) is 17.1 Å². The predicted molar refractivity (Wildman–Crippen MR) is 91.5 cm³/mol. The third kappa shape index (κ3) is 5.39. The van der Waals surface area contributed by atoms with Crippen molar-refractivity contribution in [2.45, 2.75) is 0 Å². The molecule has 0 unspecified atom stereocenters. The summed E-state index contributed by atoms with van der Waals surface area (Å²) in [5, 5.41) is 8.37. The lowest BCUT2D eigenvalue weighted by atomic mass is 10.2. The highest BCUT2D eigenvalue weighted by molar-refractivity contribution is 5.81. The van der Waals surface area contributed by atoms with Gasteiger partial charge in [-0.1, -0.05) is 24.8 Å². The van der Waals surface area contributed by atoms with E-state index in [1.807, 2.05) is 66.5 Å². The molecule has 0 fully saturated rings. The number of benzene rings is 2. The molecule has 2 aromatic rings. The molecule has 0 amide bonds. The van der Waals surface area contributed by atoms with Crippen LogP contribution in [-0.2, 0) is 9.53 Å². The van der Waals surface area contributed by atoms with Crippen LogP contribution in [0, 0.1) is 0 Å². The van der Waals surface area contributed by atoms with Crippen LogP contribution in [0.5, 0.6) is 0 Å². The van der Waals surface area contributed by atoms with E-state index in [4.69, 9.17) is 4.74 Å². The molecule has 0 aliphatic rings. The maximum Gasteiger partial charge on any atom is 0.330 e. The molecule has 0 aliphatic heterocycles. The van der Waals surface area contributed by atoms with Gasteiger partial charge in [0.15, 0.2) is 0 Å². The van der Waals surface area contributed by atoms with Crippen molar-refractivity contribution in [3.63, 3.8) is 0 Å². The Morgan fingerprint density at radius 2 is 1.70 bits per heavy atom. The van der Waals surface area contributed by atoms with E-state index in [1.165, 1.54) is 0 Å². The van der Waals surface area contributed by atoms with E-state index in [1.54, 1.807) is 0 Å². The van der Waals surface area contributed by atoms with Crippen molar-refractivity contribution in [2.24, 2.45) is 10.2 Å². The minimum absolute atomic E-state index is 0.316. The first-order chi connectivity index (χ1) is 11.2. The topological polar surface area (TPSA) is 54.3 Å². The summed E-state index contributed by atoms with van der Waals surface area (Å²) in [6.45, 7) is 4.28. The van der Waals surface area contributed by atoms with Gasteiger partial charge in [-0.25, -0.2) is 4.79 Å². The number of rotatable bonds is 7. The van der Waals surface area contributed by atoms with Crippen molar-refractivity contribution < 1.29 is 9.53 Å². The van der Waals surface area contributed by atoms with Gasteiger partial charge in [0.25, 0.3) is 0 Å². The number of hydrogen-bond donors (Lipinski definition) is 0. The van der Waals surface area contributed by atoms with Gasteiger partial charge in [-0.05, 0) is 36.4 Å². The fraction of sp³-hybridized carbons (Fsp3) is 0.167. The van der Waals surface area contributed by atoms with Gasteiger partial charge in [-0.2, -0.15) is 10.2 Å². The maximum absolute atomic E-state index is 11.0. The fourth-order valence-electron chi connectivity index (χ4n) is 1.86. The highest BCUT2D eigenvalue weighted by Crippen LogP contribution is 2.21. The zero-order valence-electron chi connectivity index (χ0n) is 13.1. The molecule has 0 spiro atoms. The van der Waals surface area contributed by atoms with Crippen molar-refractivity contribution in [1.82, 2.24) is 0 Å². The Morgan fingerprint density at radius 3 is 2.30 bits per heavy atom. The van der Waals surface area contributed by atoms with Crippen LogP contribution in [-0.4, -0.2) is 26.2 Å². The van der Waals surface area contributed by atoms with Crippen LogP contribution in [0.2, 0.25) is 0 Å². The van der Waals surface area contributed by atoms with Gasteiger partial charge in [0.2, 0.25) is 0 Å². The van der Waals surface area contributed by atoms with E-state index in [2.05, 4.69) is 16.8 Å². The summed E-state index contributed by atoms with van der Waals surface area (Å²) in [6.07, 6.45) is 1.16. The zero-order chi connectivity index (χ0) is 16.5. The van der Waals surface area contributed by atoms with Gasteiger partial charge >= 0.3 is 5.97 Å². The number of hydrogen-bond acceptors (Lipinski definition) is 5. The highest BCUT2D eigenvalue weighted by atomic mass is 16.5. The van der Waals surface area contributed by atoms with Crippen LogP contribution in [0.3, 0.4) is 0 Å². The SMILES string of the molecule is C=CC(=O)OCCN(C)c1ccc(N=Nc2ccccc2)cc1. The molecule has 0 radical (unpaired) electrons. The van der Waals surface area contributed by atoms with E-state index in [-0.39, 0.29) is 0 Å². The lowest BCUT2D eigenvalue weighted by Crippen LogP contribution is -2.23. The molecule has 0 aliphatic carbocycles. The molecule has 2 aromatic carbocycles. The lowest BCUT2D eigenvalue weighted by Gasteiger charge is -2.18. The summed E-state index contributed by atoms with van der Waals surface area (Å²) in [6, 6.07) is 17.3. The summed E-state index contributed by atoms with van der Waals surface area (Å²) in [5.41, 5.74) is 2.61. The van der Waals surface area contributed by atoms with Crippen LogP contribution >= 0.6 is 0 Å². The second-order valence-electron chi connectivity index (χ2n) is 4.85. The number of anilines is 1. The van der Waals surface area contributed by atoms with Crippen LogP contribution in [0.15, 0.2) is 77.5 Å². The summed E-state index contributed by atoms with van der Waals surface area (Å²) in [5.74, 6) is -0.407. The molecule has 118 valence electrons. The molecule has 0 saturated heterocycles. The Bertz CT molecular complexity index is 666. The number of ether oxygens (including phenoxy) is 1. The van der Waals surface area contributed by atoms with Crippen molar-refractivity contribution in [3.05, 3.63) is 67.3 Å². The first-order valence-electron chi connectivity index (χ1n) is 7.26. The summed E-state index contributed by atoms with van der Waals surface area (Å²) in [4.78, 5) is 13.0. The number of likely N-dealkylation sites (N-methyl/N-ethyl adjacent to an activating group) is 1. The van der Waals surface area contributed by atoms with Gasteiger partial charge in [0.1, 0.15) is 6.61 Å². The van der Waals surface area contributed by atoms with E-state index in [0.29, 0.717) is 13.2 Å². The van der Waals surface area contributed by atoms with Gasteiger partial charge in [-0.15, -0.1) is 0 Å². The number of carbonyl (C=O) groups is 1. The minimum atomic E-state index is -0.407. The third-order valence-electron chi connectivity index (χ3n) is 3.17. The van der Waals surface area contributed by atoms with E-state index in [9.17, 15) is 4.79 Å². The van der Waals surface area contributed by atoms with Gasteiger partial charge in [0, 0.05) is 18.8 Å². The molecule has 0 saturated carbocycles. The van der Waals surface area contributed by atoms with Crippen LogP contribution in [0.1, 0.15) is 0 Å². The highest BCUT2D eigenvalue weighted by Gasteiger charge is 2.02. The smallest absolute Gasteiger partial charge is 0.330 e. The maximum atomic E-state index is 11.0. The number of nitrogens with zero attached hydrogens (tertiary/aromatic N) is 3.